The summed E-state index contributed by atoms with van der Waals surface area (Å²) in [4.78, 5) is 14.5. The number of hydrogen-bond acceptors (Lipinski definition) is 5. The summed E-state index contributed by atoms with van der Waals surface area (Å²) in [7, 11) is 2.04. The van der Waals surface area contributed by atoms with Gasteiger partial charge < -0.3 is 20.4 Å². The fourth-order valence-electron chi connectivity index (χ4n) is 3.49. The minimum absolute atomic E-state index is 0.185. The van der Waals surface area contributed by atoms with Gasteiger partial charge in [-0.3, -0.25) is 0 Å². The van der Waals surface area contributed by atoms with Crippen molar-refractivity contribution in [1.29, 1.82) is 0 Å². The van der Waals surface area contributed by atoms with E-state index in [2.05, 4.69) is 32.8 Å². The minimum Gasteiger partial charge on any atom is -0.486 e. The van der Waals surface area contributed by atoms with Crippen molar-refractivity contribution in [3.63, 3.8) is 0 Å². The predicted octanol–water partition coefficient (Wildman–Crippen LogP) is 0.815. The van der Waals surface area contributed by atoms with Crippen molar-refractivity contribution >= 4 is 41.1 Å². The van der Waals surface area contributed by atoms with Gasteiger partial charge in [0.15, 0.2) is 11.6 Å². The molecule has 0 atom stereocenters. The van der Waals surface area contributed by atoms with E-state index in [1.807, 2.05) is 14.0 Å². The van der Waals surface area contributed by atoms with Crippen LogP contribution < -0.4 is 15.9 Å². The lowest BCUT2D eigenvalue weighted by Gasteiger charge is -2.31. The fourth-order valence-corrected chi connectivity index (χ4v) is 3.49. The molecule has 0 spiro atoms. The van der Waals surface area contributed by atoms with Gasteiger partial charge in [-0.25, -0.2) is 9.97 Å². The second kappa shape index (κ2) is 5.98. The number of fused-ring (bicyclic) bond motifs is 3. The van der Waals surface area contributed by atoms with Gasteiger partial charge in [-0.05, 0) is 19.4 Å². The highest BCUT2D eigenvalue weighted by Gasteiger charge is 2.23. The Bertz CT molecular complexity index is 885. The van der Waals surface area contributed by atoms with E-state index in [-0.39, 0.29) is 6.10 Å². The number of H-pyrrole nitrogens is 1. The van der Waals surface area contributed by atoms with Gasteiger partial charge in [-0.1, -0.05) is 18.5 Å². The Hall–Kier alpha value is -2.28. The molecule has 0 amide bonds. The summed E-state index contributed by atoms with van der Waals surface area (Å²) in [6.07, 6.45) is 5.83. The van der Waals surface area contributed by atoms with Crippen molar-refractivity contribution in [1.82, 2.24) is 19.9 Å². The molecule has 0 aromatic carbocycles. The third kappa shape index (κ3) is 2.58. The number of piperidine rings is 1. The van der Waals surface area contributed by atoms with Crippen molar-refractivity contribution in [2.75, 3.05) is 25.4 Å². The topological polar surface area (TPSA) is 80.1 Å². The van der Waals surface area contributed by atoms with Crippen LogP contribution in [0.25, 0.3) is 21.9 Å². The van der Waals surface area contributed by atoms with Gasteiger partial charge in [-0.15, -0.1) is 0 Å². The van der Waals surface area contributed by atoms with E-state index >= 15 is 0 Å². The molecule has 0 aliphatic carbocycles. The molecule has 3 aromatic heterocycles. The molecule has 1 saturated heterocycles. The van der Waals surface area contributed by atoms with Crippen LogP contribution in [0, 0.1) is 0 Å². The monoisotopic (exact) mass is 323 g/mol. The molecule has 0 unspecified atom stereocenters. The lowest BCUT2D eigenvalue weighted by atomic mass is 9.97. The first-order chi connectivity index (χ1) is 11.7. The molecule has 0 bridgehead atoms. The van der Waals surface area contributed by atoms with Crippen LogP contribution >= 0.6 is 0 Å². The Labute approximate surface area is 141 Å². The SMILES string of the molecule is Bc1cnc2[nH]c3cnc(N)c(OC4CCN(CC)CC4)c3c2c1. The van der Waals surface area contributed by atoms with Gasteiger partial charge in [0.25, 0.3) is 0 Å². The largest absolute Gasteiger partial charge is 0.486 e. The van der Waals surface area contributed by atoms with E-state index in [0.717, 1.165) is 59.9 Å². The summed E-state index contributed by atoms with van der Waals surface area (Å²) in [6.45, 7) is 5.43. The lowest BCUT2D eigenvalue weighted by molar-refractivity contribution is 0.105. The highest BCUT2D eigenvalue weighted by molar-refractivity contribution is 6.33. The van der Waals surface area contributed by atoms with Gasteiger partial charge >= 0.3 is 0 Å². The zero-order valence-corrected chi connectivity index (χ0v) is 14.2. The van der Waals surface area contributed by atoms with Gasteiger partial charge in [0.2, 0.25) is 0 Å². The number of nitrogens with two attached hydrogens (primary N) is 1. The van der Waals surface area contributed by atoms with Crippen LogP contribution in [0.3, 0.4) is 0 Å². The first kappa shape index (κ1) is 15.3. The van der Waals surface area contributed by atoms with Crippen molar-refractivity contribution in [2.24, 2.45) is 0 Å². The third-order valence-corrected chi connectivity index (χ3v) is 4.87. The zero-order valence-electron chi connectivity index (χ0n) is 14.2. The van der Waals surface area contributed by atoms with Gasteiger partial charge in [0, 0.05) is 24.7 Å². The maximum Gasteiger partial charge on any atom is 0.171 e. The van der Waals surface area contributed by atoms with Crippen molar-refractivity contribution in [2.45, 2.75) is 25.9 Å². The number of rotatable bonds is 3. The van der Waals surface area contributed by atoms with Crippen LogP contribution in [0.4, 0.5) is 5.82 Å². The number of likely N-dealkylation sites (tertiary alicyclic amines) is 1. The summed E-state index contributed by atoms with van der Waals surface area (Å²) in [5.41, 5.74) is 9.03. The van der Waals surface area contributed by atoms with Gasteiger partial charge in [0.05, 0.1) is 17.1 Å². The van der Waals surface area contributed by atoms with Crippen LogP contribution in [0.15, 0.2) is 18.5 Å². The summed E-state index contributed by atoms with van der Waals surface area (Å²) in [6, 6.07) is 2.12. The van der Waals surface area contributed by atoms with Crippen LogP contribution in [-0.2, 0) is 0 Å². The first-order valence-electron chi connectivity index (χ1n) is 8.57. The number of ether oxygens (including phenoxy) is 1. The Morgan fingerprint density at radius 3 is 2.88 bits per heavy atom. The van der Waals surface area contributed by atoms with Gasteiger partial charge in [-0.2, -0.15) is 0 Å². The highest BCUT2D eigenvalue weighted by atomic mass is 16.5. The molecule has 24 heavy (non-hydrogen) atoms. The minimum atomic E-state index is 0.185. The molecule has 4 heterocycles. The third-order valence-electron chi connectivity index (χ3n) is 4.87. The smallest absolute Gasteiger partial charge is 0.171 e. The second-order valence-corrected chi connectivity index (χ2v) is 6.55. The fraction of sp³-hybridized carbons (Fsp3) is 0.412. The number of anilines is 1. The molecule has 6 nitrogen and oxygen atoms in total. The number of pyridine rings is 2. The molecular formula is C17H22BN5O. The van der Waals surface area contributed by atoms with Crippen LogP contribution in [0.1, 0.15) is 19.8 Å². The number of aromatic nitrogens is 3. The van der Waals surface area contributed by atoms with E-state index in [0.29, 0.717) is 11.6 Å². The zero-order chi connectivity index (χ0) is 16.7. The number of hydrogen-bond donors (Lipinski definition) is 2. The summed E-state index contributed by atoms with van der Waals surface area (Å²) < 4.78 is 6.34. The molecule has 1 aliphatic rings. The summed E-state index contributed by atoms with van der Waals surface area (Å²) >= 11 is 0. The summed E-state index contributed by atoms with van der Waals surface area (Å²) in [5, 5.41) is 2.03. The Morgan fingerprint density at radius 2 is 2.12 bits per heavy atom. The van der Waals surface area contributed by atoms with Gasteiger partial charge in [0.1, 0.15) is 19.6 Å². The van der Waals surface area contributed by atoms with E-state index in [9.17, 15) is 0 Å². The van der Waals surface area contributed by atoms with Crippen molar-refractivity contribution in [3.8, 4) is 5.75 Å². The first-order valence-corrected chi connectivity index (χ1v) is 8.57. The van der Waals surface area contributed by atoms with Crippen LogP contribution in [0.2, 0.25) is 0 Å². The quantitative estimate of drug-likeness (QED) is 0.698. The molecular weight excluding hydrogens is 301 g/mol. The van der Waals surface area contributed by atoms with E-state index < -0.39 is 0 Å². The number of nitrogen functional groups attached to an aromatic ring is 1. The molecule has 7 heteroatoms. The normalized spacial score (nSPS) is 16.9. The number of aromatic amines is 1. The second-order valence-electron chi connectivity index (χ2n) is 6.55. The average molecular weight is 323 g/mol. The van der Waals surface area contributed by atoms with Crippen molar-refractivity contribution < 1.29 is 4.74 Å². The molecule has 124 valence electrons. The maximum absolute atomic E-state index is 6.34. The average Bonchev–Trinajstić information content (AvgIpc) is 2.96. The molecule has 1 aliphatic heterocycles. The molecule has 1 fully saturated rings. The molecule has 3 aromatic rings. The molecule has 0 saturated carbocycles. The Kier molecular flexibility index (Phi) is 3.80. The highest BCUT2D eigenvalue weighted by Crippen LogP contribution is 2.36. The molecule has 4 rings (SSSR count). The van der Waals surface area contributed by atoms with Crippen LogP contribution in [0.5, 0.6) is 5.75 Å². The molecule has 0 radical (unpaired) electrons. The number of nitrogens with one attached hydrogen (secondary N) is 1. The van der Waals surface area contributed by atoms with Crippen molar-refractivity contribution in [3.05, 3.63) is 18.5 Å². The van der Waals surface area contributed by atoms with E-state index in [1.165, 1.54) is 0 Å². The summed E-state index contributed by atoms with van der Waals surface area (Å²) in [5.74, 6) is 1.14. The predicted molar refractivity (Wildman–Crippen MR) is 99.7 cm³/mol. The van der Waals surface area contributed by atoms with Crippen LogP contribution in [-0.4, -0.2) is 53.4 Å². The number of nitrogens with zero attached hydrogens (tertiary/aromatic N) is 3. The standard InChI is InChI=1S/C17H22BN5O/c1-2-23-5-3-11(4-6-23)24-15-14-12-7-10(18)8-21-17(12)22-13(14)9-20-16(15)19/h7-9,11H,2-6,18H2,1H3,(H2,19,20)(H,21,22). The Morgan fingerprint density at radius 1 is 1.33 bits per heavy atom. The lowest BCUT2D eigenvalue weighted by Crippen LogP contribution is -2.38. The Balaban J connectivity index is 1.75. The van der Waals surface area contributed by atoms with E-state index in [4.69, 9.17) is 10.5 Å². The maximum atomic E-state index is 6.34. The van der Waals surface area contributed by atoms with E-state index in [1.54, 1.807) is 6.20 Å². The molecule has 3 N–H and O–H groups in total.